The average molecular weight is 1530 g/mol. The number of aliphatic hydroxyl groups is 1. The van der Waals surface area contributed by atoms with E-state index >= 15 is 0 Å². The number of nitrogens with zero attached hydrogens (tertiary/aromatic N) is 7. The number of halogens is 11. The molecule has 17 nitrogen and oxygen atoms in total. The molecule has 3 N–H and O–H groups in total. The van der Waals surface area contributed by atoms with Crippen molar-refractivity contribution in [1.29, 1.82) is 0 Å². The van der Waals surface area contributed by atoms with E-state index in [2.05, 4.69) is 87.2 Å². The van der Waals surface area contributed by atoms with Crippen LogP contribution in [0.25, 0.3) is 0 Å². The summed E-state index contributed by atoms with van der Waals surface area (Å²) >= 11 is 60.0. The van der Waals surface area contributed by atoms with Gasteiger partial charge in [0, 0.05) is 101 Å². The van der Waals surface area contributed by atoms with Crippen molar-refractivity contribution in [3.05, 3.63) is 196 Å². The summed E-state index contributed by atoms with van der Waals surface area (Å²) in [7, 11) is -5.60. The van der Waals surface area contributed by atoms with Crippen LogP contribution in [-0.2, 0) is 19.7 Å². The molecule has 0 spiro atoms. The summed E-state index contributed by atoms with van der Waals surface area (Å²) in [5.74, 6) is -0.208. The van der Waals surface area contributed by atoms with Gasteiger partial charge in [0.05, 0.1) is 68.0 Å². The predicted octanol–water partition coefficient (Wildman–Crippen LogP) is 21.3. The topological polar surface area (TPSA) is 242 Å². The largest absolute Gasteiger partial charge is 0.410 e. The molecule has 0 fully saturated rings. The summed E-state index contributed by atoms with van der Waals surface area (Å²) in [6, 6.07) is 15.8. The molecule has 5 heterocycles. The van der Waals surface area contributed by atoms with Crippen LogP contribution >= 0.6 is 116 Å². The van der Waals surface area contributed by atoms with E-state index in [4.69, 9.17) is 135 Å². The molecule has 0 amide bonds. The van der Waals surface area contributed by atoms with Crippen LogP contribution < -0.4 is 5.73 Å². The molecule has 510 valence electrons. The van der Waals surface area contributed by atoms with Crippen molar-refractivity contribution in [3.8, 4) is 0 Å². The fourth-order valence-electron chi connectivity index (χ4n) is 9.55. The number of hydrogen-bond donors (Lipinski definition) is 2. The molecule has 92 heavy (non-hydrogen) atoms. The Bertz CT molecular complexity index is 3080. The number of nitro groups is 2. The van der Waals surface area contributed by atoms with Crippen molar-refractivity contribution in [2.24, 2.45) is 5.73 Å². The van der Waals surface area contributed by atoms with Gasteiger partial charge in [-0.05, 0) is 91.4 Å². The second-order valence-corrected chi connectivity index (χ2v) is 38.8. The highest BCUT2D eigenvalue weighted by Crippen LogP contribution is 2.41. The number of aliphatic hydroxyl groups excluding tert-OH is 1. The van der Waals surface area contributed by atoms with Crippen LogP contribution in [0.4, 0.5) is 4.39 Å². The molecule has 0 aliphatic carbocycles. The fraction of sp³-hybridized carbons (Fsp3) is 0.475. The SMILES string of the molecule is C.CC[Si](CC)(CC)OC(CCCc1ccc(F)cc1)c1c(Cl)cncc1Cl.CC[Si](CC)(CC)OC(CN)c1c(Cl)cncc1Cl.CC[Si](CC)(CC)OC(C[N+](=O)[O-])c1c(Cl)cncc1Cl.O=Cc1c(Cl)cncc1Cl.O=[N+]([O-])CC(O)c1c(Cl)cncc1Cl. The summed E-state index contributed by atoms with van der Waals surface area (Å²) < 4.78 is 32.5. The van der Waals surface area contributed by atoms with Gasteiger partial charge in [-0.3, -0.25) is 49.9 Å². The molecule has 0 radical (unpaired) electrons. The van der Waals surface area contributed by atoms with Crippen LogP contribution in [0.3, 0.4) is 0 Å². The minimum atomic E-state index is -2.02. The van der Waals surface area contributed by atoms with Crippen LogP contribution in [0.15, 0.2) is 86.2 Å². The van der Waals surface area contributed by atoms with Crippen molar-refractivity contribution in [2.75, 3.05) is 19.6 Å². The van der Waals surface area contributed by atoms with E-state index in [0.717, 1.165) is 90.3 Å². The molecule has 4 atom stereocenters. The van der Waals surface area contributed by atoms with Crippen molar-refractivity contribution in [1.82, 2.24) is 24.9 Å². The molecule has 4 unspecified atom stereocenters. The number of nitrogens with two attached hydrogens (primary N) is 1. The summed E-state index contributed by atoms with van der Waals surface area (Å²) in [5.41, 5.74) is 9.51. The van der Waals surface area contributed by atoms with Crippen LogP contribution in [0, 0.1) is 26.0 Å². The normalized spacial score (nSPS) is 12.5. The first kappa shape index (κ1) is 86.7. The Balaban J connectivity index is 0.000000593. The molecule has 0 aliphatic heterocycles. The highest BCUT2D eigenvalue weighted by atomic mass is 35.5. The number of carbonyl (C=O) groups excluding carboxylic acids is 1. The number of aldehydes is 1. The molecule has 5 aromatic heterocycles. The summed E-state index contributed by atoms with van der Waals surface area (Å²) in [6.45, 7) is 18.8. The first-order chi connectivity index (χ1) is 43.1. The van der Waals surface area contributed by atoms with Crippen molar-refractivity contribution in [2.45, 2.75) is 168 Å². The second kappa shape index (κ2) is 44.5. The zero-order chi connectivity index (χ0) is 68.6. The van der Waals surface area contributed by atoms with Gasteiger partial charge in [-0.15, -0.1) is 0 Å². The van der Waals surface area contributed by atoms with E-state index in [1.807, 2.05) is 12.1 Å². The molecule has 1 aromatic carbocycles. The average Bonchev–Trinajstić information content (AvgIpc) is 0.934. The third kappa shape index (κ3) is 27.3. The number of aryl methyl sites for hydroxylation is 1. The van der Waals surface area contributed by atoms with Crippen molar-refractivity contribution < 1.29 is 37.4 Å². The number of carbonyl (C=O) groups is 1. The molecular weight excluding hydrogens is 1450 g/mol. The van der Waals surface area contributed by atoms with Crippen molar-refractivity contribution >= 4 is 147 Å². The maximum Gasteiger partial charge on any atom is 0.233 e. The maximum absolute atomic E-state index is 13.1. The van der Waals surface area contributed by atoms with E-state index in [9.17, 15) is 34.5 Å². The number of aromatic nitrogens is 5. The quantitative estimate of drug-likeness (QED) is 0.0192. The Morgan fingerprint density at radius 2 is 0.772 bits per heavy atom. The van der Waals surface area contributed by atoms with Gasteiger partial charge in [0.2, 0.25) is 13.1 Å². The van der Waals surface area contributed by atoms with Gasteiger partial charge in [-0.1, -0.05) is 198 Å². The third-order valence-corrected chi connectivity index (χ3v) is 32.5. The van der Waals surface area contributed by atoms with Gasteiger partial charge in [0.15, 0.2) is 31.2 Å². The Labute approximate surface area is 593 Å². The zero-order valence-electron chi connectivity index (χ0n) is 52.2. The number of pyridine rings is 5. The summed E-state index contributed by atoms with van der Waals surface area (Å²) in [4.78, 5) is 49.6. The molecule has 6 aromatic rings. The molecule has 31 heteroatoms. The minimum absolute atomic E-state index is 0. The lowest BCUT2D eigenvalue weighted by Crippen LogP contribution is -2.39. The van der Waals surface area contributed by atoms with E-state index in [-0.39, 0.29) is 57.7 Å². The van der Waals surface area contributed by atoms with Crippen LogP contribution in [-0.4, -0.2) is 90.7 Å². The molecule has 0 aliphatic rings. The van der Waals surface area contributed by atoms with Crippen LogP contribution in [0.5, 0.6) is 0 Å². The maximum atomic E-state index is 13.1. The Morgan fingerprint density at radius 1 is 0.489 bits per heavy atom. The lowest BCUT2D eigenvalue weighted by molar-refractivity contribution is -0.491. The van der Waals surface area contributed by atoms with Gasteiger partial charge in [0.25, 0.3) is 0 Å². The van der Waals surface area contributed by atoms with Gasteiger partial charge in [-0.2, -0.15) is 0 Å². The van der Waals surface area contributed by atoms with Gasteiger partial charge >= 0.3 is 0 Å². The molecule has 0 saturated carbocycles. The number of rotatable bonds is 29. The number of hydrogen-bond acceptors (Lipinski definition) is 15. The zero-order valence-corrected chi connectivity index (χ0v) is 62.7. The third-order valence-electron chi connectivity index (χ3n) is 15.5. The van der Waals surface area contributed by atoms with E-state index in [0.29, 0.717) is 54.1 Å². The van der Waals surface area contributed by atoms with E-state index in [1.165, 1.54) is 49.3 Å². The summed E-state index contributed by atoms with van der Waals surface area (Å²) in [5, 5.41) is 34.1. The van der Waals surface area contributed by atoms with Gasteiger partial charge < -0.3 is 24.1 Å². The Kier molecular flexibility index (Phi) is 42.0. The monoisotopic (exact) mass is 1520 g/mol. The van der Waals surface area contributed by atoms with Gasteiger partial charge in [0.1, 0.15) is 18.0 Å². The highest BCUT2D eigenvalue weighted by molar-refractivity contribution is 6.74. The standard InChI is InChI=1S/C21H28Cl2FNOSi.C13H20Cl2N2O3Si.C13H22Cl2N2OSi.C7H6Cl2N2O3.C6H3Cl2NO.CH4/c1-4-27(5-2,6-3)26-20(21-18(22)14-25-15-19(21)23)9-7-8-16-10-12-17(24)13-11-16;1-4-21(5-2,6-3)20-12(9-17(18)19)13-10(14)7-16-8-11(13)15;1-4-19(5-2,6-3)18-12(7-16)13-10(14)8-17-9-11(13)15;8-4-1-10-2-5(9)7(4)6(12)3-11(13)14;7-5-1-9-2-6(8)4(5)3-10;/h10-15,20H,4-9H2,1-3H3;7-8,12H,4-6,9H2,1-3H3;8-9,12H,4-7,16H2,1-3H3;1-2,6,12H,3H2;1-3H;1H4. The minimum Gasteiger partial charge on any atom is -0.410 e. The lowest BCUT2D eigenvalue weighted by Gasteiger charge is -2.34. The molecule has 6 rings (SSSR count). The predicted molar refractivity (Wildman–Crippen MR) is 384 cm³/mol. The fourth-order valence-corrected chi connectivity index (χ4v) is 20.9. The first-order valence-electron chi connectivity index (χ1n) is 29.4. The number of benzene rings is 1. The lowest BCUT2D eigenvalue weighted by atomic mass is 10.0. The van der Waals surface area contributed by atoms with E-state index in [1.54, 1.807) is 24.8 Å². The second-order valence-electron chi connectivity index (χ2n) is 20.6. The Morgan fingerprint density at radius 3 is 1.07 bits per heavy atom. The van der Waals surface area contributed by atoms with Crippen LogP contribution in [0.1, 0.15) is 145 Å². The molecule has 0 saturated heterocycles. The smallest absolute Gasteiger partial charge is 0.233 e. The molecular formula is C61H83Cl10FN8O9Si3. The highest BCUT2D eigenvalue weighted by Gasteiger charge is 2.38. The summed E-state index contributed by atoms with van der Waals surface area (Å²) in [6.07, 6.45) is 15.4. The van der Waals surface area contributed by atoms with E-state index < -0.39 is 53.6 Å². The Hall–Kier alpha value is -3.28. The van der Waals surface area contributed by atoms with Crippen LogP contribution in [0.2, 0.25) is 105 Å². The first-order valence-corrected chi connectivity index (χ1v) is 40.8. The van der Waals surface area contributed by atoms with Gasteiger partial charge in [-0.25, -0.2) is 4.39 Å². The molecule has 0 bridgehead atoms. The van der Waals surface area contributed by atoms with Crippen molar-refractivity contribution in [3.63, 3.8) is 0 Å².